The number of nitrogens with zero attached hydrogens (tertiary/aromatic N) is 4. The third-order valence-corrected chi connectivity index (χ3v) is 10.3. The Hall–Kier alpha value is -7.56. The van der Waals surface area contributed by atoms with Gasteiger partial charge in [0.2, 0.25) is 0 Å². The molecule has 0 amide bonds. The third-order valence-electron chi connectivity index (χ3n) is 10.3. The van der Waals surface area contributed by atoms with Crippen molar-refractivity contribution in [1.29, 1.82) is 0 Å². The van der Waals surface area contributed by atoms with E-state index >= 15 is 0 Å². The molecule has 0 fully saturated rings. The number of rotatable bonds is 7. The summed E-state index contributed by atoms with van der Waals surface area (Å²) < 4.78 is 0. The van der Waals surface area contributed by atoms with Crippen LogP contribution >= 0.6 is 0 Å². The molecule has 2 heterocycles. The average Bonchev–Trinajstić information content (AvgIpc) is 3.29. The maximum absolute atomic E-state index is 5.19. The molecule has 0 radical (unpaired) electrons. The van der Waals surface area contributed by atoms with Gasteiger partial charge in [-0.3, -0.25) is 0 Å². The first-order valence-corrected chi connectivity index (χ1v) is 18.8. The molecule has 0 N–H and O–H groups in total. The van der Waals surface area contributed by atoms with E-state index in [2.05, 4.69) is 164 Å². The molecule has 0 atom stereocenters. The normalized spacial score (nSPS) is 11.2. The Morgan fingerprint density at radius 1 is 0.250 bits per heavy atom. The fraction of sp³-hybridized carbons (Fsp3) is 0. The summed E-state index contributed by atoms with van der Waals surface area (Å²) >= 11 is 0. The van der Waals surface area contributed by atoms with Crippen LogP contribution in [0.25, 0.3) is 100 Å². The monoisotopic (exact) mass is 714 g/mol. The zero-order chi connectivity index (χ0) is 37.3. The van der Waals surface area contributed by atoms with E-state index in [1.54, 1.807) is 0 Å². The quantitative estimate of drug-likeness (QED) is 0.154. The minimum absolute atomic E-state index is 0.627. The lowest BCUT2D eigenvalue weighted by molar-refractivity contribution is 1.07. The molecule has 56 heavy (non-hydrogen) atoms. The van der Waals surface area contributed by atoms with Crippen LogP contribution in [-0.4, -0.2) is 19.9 Å². The molecule has 10 rings (SSSR count). The van der Waals surface area contributed by atoms with Crippen LogP contribution < -0.4 is 0 Å². The molecule has 0 aliphatic heterocycles. The predicted octanol–water partition coefficient (Wildman–Crippen LogP) is 13.2. The van der Waals surface area contributed by atoms with Gasteiger partial charge in [-0.2, -0.15) is 0 Å². The molecule has 8 aromatic carbocycles. The number of pyridine rings is 1. The number of fused-ring (bicyclic) bond motifs is 3. The Kier molecular flexibility index (Phi) is 8.47. The van der Waals surface area contributed by atoms with Gasteiger partial charge in [-0.15, -0.1) is 0 Å². The van der Waals surface area contributed by atoms with E-state index in [1.807, 2.05) is 42.5 Å². The Balaban J connectivity index is 1.07. The van der Waals surface area contributed by atoms with Gasteiger partial charge in [-0.1, -0.05) is 188 Å². The summed E-state index contributed by atoms with van der Waals surface area (Å²) in [6.45, 7) is 0. The first-order valence-electron chi connectivity index (χ1n) is 18.8. The largest absolute Gasteiger partial charge is 0.248 e. The molecule has 0 aliphatic rings. The van der Waals surface area contributed by atoms with Gasteiger partial charge in [-0.25, -0.2) is 19.9 Å². The molecule has 0 saturated carbocycles. The fourth-order valence-electron chi connectivity index (χ4n) is 7.57. The zero-order valence-electron chi connectivity index (χ0n) is 30.4. The van der Waals surface area contributed by atoms with E-state index in [9.17, 15) is 0 Å². The molecule has 0 unspecified atom stereocenters. The van der Waals surface area contributed by atoms with Crippen molar-refractivity contribution in [2.75, 3.05) is 0 Å². The van der Waals surface area contributed by atoms with E-state index in [0.717, 1.165) is 66.7 Å². The summed E-state index contributed by atoms with van der Waals surface area (Å²) in [7, 11) is 0. The second-order valence-corrected chi connectivity index (χ2v) is 13.8. The Morgan fingerprint density at radius 2 is 0.732 bits per heavy atom. The van der Waals surface area contributed by atoms with Crippen molar-refractivity contribution >= 4 is 21.7 Å². The third kappa shape index (κ3) is 6.29. The van der Waals surface area contributed by atoms with Gasteiger partial charge in [0.05, 0.1) is 11.2 Å². The molecule has 262 valence electrons. The predicted molar refractivity (Wildman–Crippen MR) is 231 cm³/mol. The summed E-state index contributed by atoms with van der Waals surface area (Å²) in [5.74, 6) is 1.90. The highest BCUT2D eigenvalue weighted by molar-refractivity contribution is 6.17. The minimum atomic E-state index is 0.627. The van der Waals surface area contributed by atoms with Crippen molar-refractivity contribution in [3.05, 3.63) is 206 Å². The van der Waals surface area contributed by atoms with Crippen molar-refractivity contribution < 1.29 is 0 Å². The van der Waals surface area contributed by atoms with Crippen LogP contribution in [0, 0.1) is 0 Å². The second kappa shape index (κ2) is 14.3. The second-order valence-electron chi connectivity index (χ2n) is 13.8. The van der Waals surface area contributed by atoms with Gasteiger partial charge in [0.15, 0.2) is 17.5 Å². The van der Waals surface area contributed by atoms with Gasteiger partial charge >= 0.3 is 0 Å². The molecule has 0 saturated heterocycles. The summed E-state index contributed by atoms with van der Waals surface area (Å²) in [6, 6.07) is 71.7. The Bertz CT molecular complexity index is 2980. The zero-order valence-corrected chi connectivity index (χ0v) is 30.4. The molecule has 0 aliphatic carbocycles. The van der Waals surface area contributed by atoms with Crippen molar-refractivity contribution in [2.24, 2.45) is 0 Å². The molecule has 4 heteroatoms. The van der Waals surface area contributed by atoms with E-state index in [-0.39, 0.29) is 0 Å². The topological polar surface area (TPSA) is 51.6 Å². The van der Waals surface area contributed by atoms with Gasteiger partial charge in [0.1, 0.15) is 0 Å². The Morgan fingerprint density at radius 3 is 1.39 bits per heavy atom. The summed E-state index contributed by atoms with van der Waals surface area (Å²) in [5.41, 5.74) is 12.7. The number of aromatic nitrogens is 4. The van der Waals surface area contributed by atoms with Gasteiger partial charge < -0.3 is 0 Å². The van der Waals surface area contributed by atoms with Crippen LogP contribution in [0.1, 0.15) is 0 Å². The highest BCUT2D eigenvalue weighted by Gasteiger charge is 2.16. The fourth-order valence-corrected chi connectivity index (χ4v) is 7.57. The molecular formula is C52H34N4. The maximum Gasteiger partial charge on any atom is 0.164 e. The van der Waals surface area contributed by atoms with E-state index < -0.39 is 0 Å². The average molecular weight is 715 g/mol. The lowest BCUT2D eigenvalue weighted by atomic mass is 9.91. The summed E-state index contributed by atoms with van der Waals surface area (Å²) in [4.78, 5) is 20.2. The molecule has 0 spiro atoms. The molecule has 10 aromatic rings. The van der Waals surface area contributed by atoms with Crippen LogP contribution in [-0.2, 0) is 0 Å². The van der Waals surface area contributed by atoms with Crippen molar-refractivity contribution in [1.82, 2.24) is 19.9 Å². The number of hydrogen-bond acceptors (Lipinski definition) is 4. The van der Waals surface area contributed by atoms with E-state index in [1.165, 1.54) is 16.3 Å². The van der Waals surface area contributed by atoms with Crippen LogP contribution in [0.2, 0.25) is 0 Å². The minimum Gasteiger partial charge on any atom is -0.248 e. The van der Waals surface area contributed by atoms with Gasteiger partial charge in [0.25, 0.3) is 0 Å². The highest BCUT2D eigenvalue weighted by atomic mass is 15.0. The van der Waals surface area contributed by atoms with Crippen LogP contribution in [0.3, 0.4) is 0 Å². The highest BCUT2D eigenvalue weighted by Crippen LogP contribution is 2.40. The lowest BCUT2D eigenvalue weighted by Crippen LogP contribution is -2.00. The standard InChI is InChI=1S/C52H34N4/c1-5-15-35(16-6-1)41-23-13-24-42(33-41)52-55-50(39-21-11-4-12-22-39)54-51(56-52)40-29-27-37(28-30-40)43-25-14-26-45-44(43)31-32-47-49(45)46(36-17-7-2-8-18-36)34-48(53-47)38-19-9-3-10-20-38/h1-34H. The van der Waals surface area contributed by atoms with Crippen molar-refractivity contribution in [2.45, 2.75) is 0 Å². The van der Waals surface area contributed by atoms with Crippen LogP contribution in [0.5, 0.6) is 0 Å². The van der Waals surface area contributed by atoms with E-state index in [4.69, 9.17) is 19.9 Å². The molecule has 0 bridgehead atoms. The molecule has 2 aromatic heterocycles. The maximum atomic E-state index is 5.19. The smallest absolute Gasteiger partial charge is 0.164 e. The van der Waals surface area contributed by atoms with Crippen molar-refractivity contribution in [3.63, 3.8) is 0 Å². The lowest BCUT2D eigenvalue weighted by Gasteiger charge is -2.15. The summed E-state index contributed by atoms with van der Waals surface area (Å²) in [6.07, 6.45) is 0. The molecule has 4 nitrogen and oxygen atoms in total. The molecular weight excluding hydrogens is 681 g/mol. The van der Waals surface area contributed by atoms with Crippen LogP contribution in [0.4, 0.5) is 0 Å². The first kappa shape index (κ1) is 33.0. The SMILES string of the molecule is c1ccc(-c2cccc(-c3nc(-c4ccccc4)nc(-c4ccc(-c5cccc6c5ccc5nc(-c7ccccc7)cc(-c7ccccc7)c56)cc4)n3)c2)cc1. The van der Waals surface area contributed by atoms with Gasteiger partial charge in [-0.05, 0) is 62.4 Å². The first-order chi connectivity index (χ1) is 27.7. The summed E-state index contributed by atoms with van der Waals surface area (Å²) in [5, 5.41) is 3.49. The Labute approximate surface area is 325 Å². The van der Waals surface area contributed by atoms with Crippen molar-refractivity contribution in [3.8, 4) is 78.8 Å². The van der Waals surface area contributed by atoms with E-state index in [0.29, 0.717) is 17.5 Å². The number of benzene rings is 8. The number of hydrogen-bond donors (Lipinski definition) is 0. The van der Waals surface area contributed by atoms with Crippen LogP contribution in [0.15, 0.2) is 206 Å². The van der Waals surface area contributed by atoms with Gasteiger partial charge in [0, 0.05) is 27.6 Å².